The minimum atomic E-state index is -3.47. The Kier molecular flexibility index (Phi) is 5.70. The molecule has 0 aliphatic carbocycles. The molecule has 1 saturated heterocycles. The van der Waals surface area contributed by atoms with E-state index < -0.39 is 14.6 Å². The van der Waals surface area contributed by atoms with E-state index in [0.717, 1.165) is 17.5 Å². The van der Waals surface area contributed by atoms with Crippen LogP contribution in [-0.4, -0.2) is 63.1 Å². The molecule has 3 heterocycles. The number of anilines is 1. The largest absolute Gasteiger partial charge is 0.486 e. The van der Waals surface area contributed by atoms with Crippen molar-refractivity contribution in [2.45, 2.75) is 44.0 Å². The summed E-state index contributed by atoms with van der Waals surface area (Å²) < 4.78 is 35.9. The van der Waals surface area contributed by atoms with Gasteiger partial charge in [-0.25, -0.2) is 18.4 Å². The molecule has 9 heteroatoms. The van der Waals surface area contributed by atoms with E-state index in [2.05, 4.69) is 11.8 Å². The third kappa shape index (κ3) is 3.90. The highest BCUT2D eigenvalue weighted by molar-refractivity contribution is 7.91. The van der Waals surface area contributed by atoms with Gasteiger partial charge in [0.15, 0.2) is 27.2 Å². The molecule has 8 nitrogen and oxygen atoms in total. The Hall–Kier alpha value is -2.23. The second kappa shape index (κ2) is 8.03. The molecule has 0 spiro atoms. The van der Waals surface area contributed by atoms with Gasteiger partial charge in [0.05, 0.1) is 25.3 Å². The predicted octanol–water partition coefficient (Wildman–Crippen LogP) is 1.91. The molecule has 1 aromatic heterocycles. The summed E-state index contributed by atoms with van der Waals surface area (Å²) in [6, 6.07) is 8.03. The molecule has 2 unspecified atom stereocenters. The normalized spacial score (nSPS) is 21.3. The van der Waals surface area contributed by atoms with Crippen LogP contribution in [0.15, 0.2) is 24.3 Å². The summed E-state index contributed by atoms with van der Waals surface area (Å²) in [4.78, 5) is 11.8. The summed E-state index contributed by atoms with van der Waals surface area (Å²) >= 11 is 0. The van der Waals surface area contributed by atoms with Gasteiger partial charge in [-0.15, -0.1) is 0 Å². The van der Waals surface area contributed by atoms with Gasteiger partial charge in [-0.05, 0) is 39.3 Å². The molecule has 2 aliphatic rings. The summed E-state index contributed by atoms with van der Waals surface area (Å²) in [7, 11) is -3.47. The van der Waals surface area contributed by atoms with Crippen LogP contribution in [0.25, 0.3) is 11.4 Å². The van der Waals surface area contributed by atoms with Gasteiger partial charge in [-0.2, -0.15) is 0 Å². The summed E-state index contributed by atoms with van der Waals surface area (Å²) in [6.45, 7) is 7.51. The monoisotopic (exact) mass is 446 g/mol. The van der Waals surface area contributed by atoms with Gasteiger partial charge < -0.3 is 20.1 Å². The first-order valence-corrected chi connectivity index (χ1v) is 12.4. The van der Waals surface area contributed by atoms with Gasteiger partial charge in [0.2, 0.25) is 0 Å². The maximum atomic E-state index is 12.7. The van der Waals surface area contributed by atoms with Gasteiger partial charge in [0.25, 0.3) is 0 Å². The Morgan fingerprint density at radius 1 is 1.16 bits per heavy atom. The molecule has 31 heavy (non-hydrogen) atoms. The molecule has 168 valence electrons. The highest BCUT2D eigenvalue weighted by atomic mass is 32.2. The molecule has 2 atom stereocenters. The van der Waals surface area contributed by atoms with Crippen LogP contribution in [-0.2, 0) is 25.7 Å². The van der Waals surface area contributed by atoms with Gasteiger partial charge in [-0.1, -0.05) is 24.3 Å². The Morgan fingerprint density at radius 3 is 2.52 bits per heavy atom. The van der Waals surface area contributed by atoms with Crippen molar-refractivity contribution in [1.82, 2.24) is 9.97 Å². The van der Waals surface area contributed by atoms with Crippen LogP contribution >= 0.6 is 0 Å². The second-order valence-electron chi connectivity index (χ2n) is 8.83. The van der Waals surface area contributed by atoms with Gasteiger partial charge >= 0.3 is 0 Å². The number of hydrogen-bond acceptors (Lipinski definition) is 8. The third-order valence-corrected chi connectivity index (χ3v) is 8.24. The van der Waals surface area contributed by atoms with E-state index in [0.29, 0.717) is 49.5 Å². The lowest BCUT2D eigenvalue weighted by atomic mass is 10.0. The molecule has 4 rings (SSSR count). The molecule has 1 fully saturated rings. The third-order valence-electron chi connectivity index (χ3n) is 6.19. The fourth-order valence-electron chi connectivity index (χ4n) is 4.03. The standard InChI is InChI=1S/C22H30N4O4S/c1-14-11-29-12-17-13-30-18-19(22(2,3)31(4,27)28)24-20(25-21(18)26(14)17)16-7-5-15(6-8-16)9-10-23/h5-8,14,17H,9-13,23H2,1-4H3. The zero-order valence-electron chi connectivity index (χ0n) is 18.5. The van der Waals surface area contributed by atoms with E-state index in [1.165, 1.54) is 6.26 Å². The minimum Gasteiger partial charge on any atom is -0.486 e. The number of sulfone groups is 1. The van der Waals surface area contributed by atoms with Crippen LogP contribution in [0.5, 0.6) is 5.75 Å². The molecule has 0 amide bonds. The fraction of sp³-hybridized carbons (Fsp3) is 0.545. The first-order chi connectivity index (χ1) is 14.6. The van der Waals surface area contributed by atoms with E-state index in [1.54, 1.807) is 13.8 Å². The zero-order chi connectivity index (χ0) is 22.4. The summed E-state index contributed by atoms with van der Waals surface area (Å²) in [5.41, 5.74) is 7.99. The average molecular weight is 447 g/mol. The SMILES string of the molecule is CC1COCC2COc3c(nc(-c4ccc(CCN)cc4)nc3C(C)(C)S(C)(=O)=O)N12. The molecule has 0 bridgehead atoms. The molecule has 2 aliphatic heterocycles. The average Bonchev–Trinajstić information content (AvgIpc) is 2.72. The number of ether oxygens (including phenoxy) is 2. The van der Waals surface area contributed by atoms with E-state index in [1.807, 2.05) is 24.3 Å². The van der Waals surface area contributed by atoms with Crippen molar-refractivity contribution < 1.29 is 17.9 Å². The van der Waals surface area contributed by atoms with Crippen LogP contribution in [0.2, 0.25) is 0 Å². The van der Waals surface area contributed by atoms with Crippen molar-refractivity contribution in [3.8, 4) is 17.1 Å². The highest BCUT2D eigenvalue weighted by Gasteiger charge is 2.43. The van der Waals surface area contributed by atoms with Crippen LogP contribution in [0, 0.1) is 0 Å². The number of morpholine rings is 1. The number of fused-ring (bicyclic) bond motifs is 3. The molecule has 0 radical (unpaired) electrons. The van der Waals surface area contributed by atoms with Crippen molar-refractivity contribution >= 4 is 15.7 Å². The van der Waals surface area contributed by atoms with Crippen LogP contribution in [0.1, 0.15) is 32.0 Å². The number of aromatic nitrogens is 2. The fourth-order valence-corrected chi connectivity index (χ4v) is 4.52. The van der Waals surface area contributed by atoms with Crippen LogP contribution in [0.3, 0.4) is 0 Å². The highest BCUT2D eigenvalue weighted by Crippen LogP contribution is 2.44. The lowest BCUT2D eigenvalue weighted by molar-refractivity contribution is 0.0482. The lowest BCUT2D eigenvalue weighted by Gasteiger charge is -2.45. The molecular weight excluding hydrogens is 416 g/mol. The smallest absolute Gasteiger partial charge is 0.185 e. The van der Waals surface area contributed by atoms with Crippen LogP contribution < -0.4 is 15.4 Å². The Bertz CT molecular complexity index is 1070. The maximum absolute atomic E-state index is 12.7. The molecule has 1 aromatic carbocycles. The van der Waals surface area contributed by atoms with E-state index in [9.17, 15) is 8.42 Å². The van der Waals surface area contributed by atoms with Crippen molar-refractivity contribution in [2.24, 2.45) is 5.73 Å². The topological polar surface area (TPSA) is 108 Å². The molecule has 2 aromatic rings. The maximum Gasteiger partial charge on any atom is 0.185 e. The van der Waals surface area contributed by atoms with Crippen molar-refractivity contribution in [3.63, 3.8) is 0 Å². The molecular formula is C22H30N4O4S. The van der Waals surface area contributed by atoms with Crippen LogP contribution in [0.4, 0.5) is 5.82 Å². The molecule has 0 saturated carbocycles. The minimum absolute atomic E-state index is 0.0279. The predicted molar refractivity (Wildman–Crippen MR) is 120 cm³/mol. The van der Waals surface area contributed by atoms with Crippen molar-refractivity contribution in [1.29, 1.82) is 0 Å². The Labute approximate surface area is 183 Å². The Morgan fingerprint density at radius 2 is 1.87 bits per heavy atom. The van der Waals surface area contributed by atoms with E-state index >= 15 is 0 Å². The Balaban J connectivity index is 1.91. The zero-order valence-corrected chi connectivity index (χ0v) is 19.3. The number of nitrogens with zero attached hydrogens (tertiary/aromatic N) is 3. The first-order valence-electron chi connectivity index (χ1n) is 10.5. The number of nitrogens with two attached hydrogens (primary N) is 1. The number of rotatable bonds is 5. The number of hydrogen-bond donors (Lipinski definition) is 1. The second-order valence-corrected chi connectivity index (χ2v) is 11.4. The van der Waals surface area contributed by atoms with E-state index in [4.69, 9.17) is 25.2 Å². The van der Waals surface area contributed by atoms with E-state index in [-0.39, 0.29) is 12.1 Å². The quantitative estimate of drug-likeness (QED) is 0.742. The lowest BCUT2D eigenvalue weighted by Crippen LogP contribution is -2.56. The molecule has 2 N–H and O–H groups in total. The van der Waals surface area contributed by atoms with Gasteiger partial charge in [0.1, 0.15) is 17.0 Å². The van der Waals surface area contributed by atoms with Gasteiger partial charge in [0, 0.05) is 11.8 Å². The van der Waals surface area contributed by atoms with Crippen molar-refractivity contribution in [2.75, 3.05) is 37.5 Å². The number of benzene rings is 1. The van der Waals surface area contributed by atoms with Gasteiger partial charge in [-0.3, -0.25) is 0 Å². The summed E-state index contributed by atoms with van der Waals surface area (Å²) in [6.07, 6.45) is 2.02. The summed E-state index contributed by atoms with van der Waals surface area (Å²) in [5, 5.41) is 0. The summed E-state index contributed by atoms with van der Waals surface area (Å²) in [5.74, 6) is 1.56. The first kappa shape index (κ1) is 22.0. The van der Waals surface area contributed by atoms with Crippen molar-refractivity contribution in [3.05, 3.63) is 35.5 Å².